The number of halogens is 2. The van der Waals surface area contributed by atoms with Crippen molar-refractivity contribution in [3.63, 3.8) is 0 Å². The van der Waals surface area contributed by atoms with Crippen LogP contribution in [-0.4, -0.2) is 48.4 Å². The summed E-state index contributed by atoms with van der Waals surface area (Å²) in [6.45, 7) is 2.26. The van der Waals surface area contributed by atoms with E-state index in [0.717, 1.165) is 17.5 Å². The summed E-state index contributed by atoms with van der Waals surface area (Å²) < 4.78 is 3.20. The van der Waals surface area contributed by atoms with Gasteiger partial charge in [0.15, 0.2) is 13.1 Å². The summed E-state index contributed by atoms with van der Waals surface area (Å²) in [5, 5.41) is 0. The average Bonchev–Trinajstić information content (AvgIpc) is 2.07. The summed E-state index contributed by atoms with van der Waals surface area (Å²) in [7, 11) is 0. The third-order valence-corrected chi connectivity index (χ3v) is 2.85. The summed E-state index contributed by atoms with van der Waals surface area (Å²) in [5.41, 5.74) is 0. The third kappa shape index (κ3) is 8.38. The van der Waals surface area contributed by atoms with E-state index in [1.807, 2.05) is 11.8 Å². The predicted octanol–water partition coefficient (Wildman–Crippen LogP) is 1.43. The van der Waals surface area contributed by atoms with Crippen molar-refractivity contribution in [3.8, 4) is 0 Å². The molecule has 1 heterocycles. The molecule has 1 aliphatic heterocycles. The van der Waals surface area contributed by atoms with Gasteiger partial charge in [-0.3, -0.25) is 0 Å². The van der Waals surface area contributed by atoms with E-state index in [4.69, 9.17) is 0 Å². The first-order valence-electron chi connectivity index (χ1n) is 3.25. The van der Waals surface area contributed by atoms with Gasteiger partial charge < -0.3 is 0 Å². The molecule has 1 nitrogen and oxygen atoms in total. The first-order valence-corrected chi connectivity index (χ1v) is 24.9. The van der Waals surface area contributed by atoms with Gasteiger partial charge in [-0.2, -0.15) is 4.58 Å². The minimum absolute atomic E-state index is 0.107. The molecule has 0 aliphatic carbocycles. The van der Waals surface area contributed by atoms with Crippen molar-refractivity contribution in [2.45, 2.75) is 0 Å². The Bertz CT molecular complexity index is 144. The van der Waals surface area contributed by atoms with Crippen molar-refractivity contribution < 1.29 is 4.58 Å². The summed E-state index contributed by atoms with van der Waals surface area (Å²) >= 11 is 14.6. The molecule has 7 heteroatoms. The summed E-state index contributed by atoms with van der Waals surface area (Å²) in [6.07, 6.45) is 0. The molecule has 1 aliphatic rings. The van der Waals surface area contributed by atoms with Gasteiger partial charge in [0.1, 0.15) is 0 Å². The Labute approximate surface area is 119 Å². The Morgan fingerprint density at radius 2 is 1.83 bits per heavy atom. The number of hydrogen-bond donors (Lipinski definition) is 1. The van der Waals surface area contributed by atoms with Crippen LogP contribution >= 0.6 is 60.5 Å². The van der Waals surface area contributed by atoms with Crippen LogP contribution in [0.5, 0.6) is 0 Å². The van der Waals surface area contributed by atoms with Gasteiger partial charge in [-0.25, -0.2) is 0 Å². The van der Waals surface area contributed by atoms with Crippen LogP contribution in [0, 0.1) is 0 Å². The van der Waals surface area contributed by atoms with Gasteiger partial charge >= 0.3 is 55.3 Å². The molecule has 0 unspecified atom stereocenters. The van der Waals surface area contributed by atoms with Gasteiger partial charge in [-0.1, -0.05) is 0 Å². The molecule has 0 bridgehead atoms. The van der Waals surface area contributed by atoms with Gasteiger partial charge in [-0.15, -0.1) is 11.8 Å². The fourth-order valence-corrected chi connectivity index (χ4v) is 2.10. The van der Waals surface area contributed by atoms with E-state index in [1.54, 1.807) is 0 Å². The van der Waals surface area contributed by atoms with Crippen molar-refractivity contribution in [3.05, 3.63) is 0 Å². The molecular weight excluding hydrogens is 633 g/mol. The van der Waals surface area contributed by atoms with Crippen LogP contribution in [0.2, 0.25) is 0 Å². The number of rotatable bonds is 0. The van der Waals surface area contributed by atoms with Gasteiger partial charge in [-0.05, 0) is 12.6 Å². The summed E-state index contributed by atoms with van der Waals surface area (Å²) in [4.78, 5) is 0. The van der Waals surface area contributed by atoms with E-state index in [2.05, 4.69) is 65.9 Å². The Morgan fingerprint density at radius 1 is 1.42 bits per heavy atom. The quantitative estimate of drug-likeness (QED) is 0.105. The number of thiol groups is 1. The van der Waals surface area contributed by atoms with Crippen molar-refractivity contribution >= 4 is 92.3 Å². The molecule has 1 rings (SSSR count). The van der Waals surface area contributed by atoms with Gasteiger partial charge in [0.2, 0.25) is 0 Å². The second kappa shape index (κ2) is 10.6. The van der Waals surface area contributed by atoms with Crippen molar-refractivity contribution in [2.75, 3.05) is 24.6 Å². The van der Waals surface area contributed by atoms with Gasteiger partial charge in [0.25, 0.3) is 0 Å². The summed E-state index contributed by atoms with van der Waals surface area (Å²) in [5.74, 6) is 2.46. The predicted molar refractivity (Wildman–Crippen MR) is 85.3 cm³/mol. The second-order valence-electron chi connectivity index (χ2n) is 1.99. The van der Waals surface area contributed by atoms with Crippen LogP contribution in [0.4, 0.5) is 0 Å². The second-order valence-corrected chi connectivity index (χ2v) is 29.7. The van der Waals surface area contributed by atoms with Crippen LogP contribution in [0.1, 0.15) is 0 Å². The molecular formula is C5H11BiI2NS3+3. The van der Waals surface area contributed by atoms with Crippen LogP contribution in [-0.2, 0) is 12.6 Å². The zero-order chi connectivity index (χ0) is 9.40. The Hall–Kier alpha value is 3.06. The van der Waals surface area contributed by atoms with Gasteiger partial charge in [0, 0.05) is 0 Å². The molecule has 0 spiro atoms. The van der Waals surface area contributed by atoms with Gasteiger partial charge in [0.05, 0.1) is 24.1 Å². The normalized spacial score (nSPS) is 16.5. The monoisotopic (exact) mass is 644 g/mol. The Kier molecular flexibility index (Phi) is 13.3. The summed E-state index contributed by atoms with van der Waals surface area (Å²) in [6, 6.07) is 0. The molecule has 12 heavy (non-hydrogen) atoms. The van der Waals surface area contributed by atoms with Crippen molar-refractivity contribution in [1.29, 1.82) is 0 Å². The molecule has 2 radical (unpaired) electrons. The van der Waals surface area contributed by atoms with E-state index < -0.39 is 0 Å². The zero-order valence-electron chi connectivity index (χ0n) is 6.33. The average molecular weight is 644 g/mol. The third-order valence-electron chi connectivity index (χ3n) is 1.31. The SMILES string of the molecule is SC([SH2+])=[N+]1CCSCC1.[I][Bi+][I]. The number of thioether (sulfide) groups is 1. The fourth-order valence-electron chi connectivity index (χ4n) is 0.775. The van der Waals surface area contributed by atoms with Crippen LogP contribution in [0.3, 0.4) is 0 Å². The molecule has 70 valence electrons. The van der Waals surface area contributed by atoms with E-state index in [9.17, 15) is 0 Å². The number of hydrogen-bond acceptors (Lipinski definition) is 1. The molecule has 0 aromatic rings. The molecule has 0 atom stereocenters. The van der Waals surface area contributed by atoms with Crippen LogP contribution < -0.4 is 0 Å². The first-order chi connectivity index (χ1) is 5.72. The molecule has 1 saturated heterocycles. The molecule has 0 aromatic heterocycles. The minimum atomic E-state index is 0.107. The fraction of sp³-hybridized carbons (Fsp3) is 0.800. The molecule has 0 saturated carbocycles. The maximum atomic E-state index is 4.19. The van der Waals surface area contributed by atoms with E-state index in [-0.39, 0.29) is 14.9 Å². The topological polar surface area (TPSA) is 3.01 Å². The molecule has 1 fully saturated rings. The standard InChI is InChI=1S/C5H9NS3.Bi.2HI/c7-5(8)6-1-3-9-4-2-6;;;/h1-4H2,(H,7,8);;2*1H/q;+3;;. The molecule has 0 N–H and O–H groups in total. The van der Waals surface area contributed by atoms with Crippen LogP contribution in [0.15, 0.2) is 0 Å². The van der Waals surface area contributed by atoms with Crippen LogP contribution in [0.25, 0.3) is 0 Å². The zero-order valence-corrected chi connectivity index (χ0v) is 16.8. The Balaban J connectivity index is 0.000000354. The number of nitrogens with zero attached hydrogens (tertiary/aromatic N) is 1. The van der Waals surface area contributed by atoms with Crippen molar-refractivity contribution in [2.24, 2.45) is 0 Å². The molecule has 0 aromatic carbocycles. The Morgan fingerprint density at radius 3 is 2.08 bits per heavy atom. The van der Waals surface area contributed by atoms with E-state index >= 15 is 0 Å². The van der Waals surface area contributed by atoms with E-state index in [1.165, 1.54) is 11.5 Å². The van der Waals surface area contributed by atoms with E-state index in [0.29, 0.717) is 0 Å². The van der Waals surface area contributed by atoms with Crippen molar-refractivity contribution in [1.82, 2.24) is 0 Å². The maximum absolute atomic E-state index is 4.19. The first kappa shape index (κ1) is 15.1. The molecule has 0 amide bonds.